The van der Waals surface area contributed by atoms with Gasteiger partial charge in [0.05, 0.1) is 6.10 Å². The Morgan fingerprint density at radius 1 is 0.808 bits per heavy atom. The monoisotopic (exact) mass is 369 g/mol. The average molecular weight is 370 g/mol. The second kappa shape index (κ2) is 20.9. The lowest BCUT2D eigenvalue weighted by Gasteiger charge is -2.22. The molecule has 2 atom stereocenters. The molecule has 4 nitrogen and oxygen atoms in total. The highest BCUT2D eigenvalue weighted by Gasteiger charge is 2.15. The van der Waals surface area contributed by atoms with Crippen molar-refractivity contribution in [2.24, 2.45) is 11.5 Å². The normalized spacial score (nSPS) is 14.2. The lowest BCUT2D eigenvalue weighted by atomic mass is 10.0. The molecule has 0 spiro atoms. The van der Waals surface area contributed by atoms with E-state index >= 15 is 0 Å². The van der Waals surface area contributed by atoms with Crippen LogP contribution in [0.15, 0.2) is 12.2 Å². The number of unbranched alkanes of at least 4 members (excludes halogenated alkanes) is 11. The third-order valence-corrected chi connectivity index (χ3v) is 5.03. The zero-order chi connectivity index (χ0) is 19.3. The van der Waals surface area contributed by atoms with Crippen LogP contribution in [0, 0.1) is 0 Å². The van der Waals surface area contributed by atoms with Gasteiger partial charge in [-0.25, -0.2) is 0 Å². The van der Waals surface area contributed by atoms with Crippen LogP contribution in [0.25, 0.3) is 0 Å². The maximum Gasteiger partial charge on any atom is 0.0705 e. The van der Waals surface area contributed by atoms with Crippen LogP contribution in [-0.2, 0) is 0 Å². The molecule has 0 heterocycles. The molecule has 0 radical (unpaired) electrons. The zero-order valence-corrected chi connectivity index (χ0v) is 17.4. The molecular weight excluding hydrogens is 322 g/mol. The van der Waals surface area contributed by atoms with Crippen LogP contribution in [-0.4, -0.2) is 36.9 Å². The quantitative estimate of drug-likeness (QED) is 0.191. The van der Waals surface area contributed by atoms with Crippen LogP contribution in [0.5, 0.6) is 0 Å². The zero-order valence-electron chi connectivity index (χ0n) is 17.4. The molecule has 0 aliphatic heterocycles. The Morgan fingerprint density at radius 2 is 1.35 bits per heavy atom. The van der Waals surface area contributed by atoms with Crippen molar-refractivity contribution in [1.29, 1.82) is 0 Å². The first-order chi connectivity index (χ1) is 12.8. The molecule has 26 heavy (non-hydrogen) atoms. The van der Waals surface area contributed by atoms with E-state index in [0.717, 1.165) is 12.8 Å². The molecule has 0 aliphatic rings. The van der Waals surface area contributed by atoms with E-state index < -0.39 is 0 Å². The standard InChI is InChI=1S/C22H47N3O/c1-2-3-4-5-6-7-8-9-10-11-12-13-14-15-16-17-22(26)21(20-24)25-19-18-23/h9-10,21-22,25-26H,2-8,11-20,23-24H2,1H3. The lowest BCUT2D eigenvalue weighted by Crippen LogP contribution is -2.47. The van der Waals surface area contributed by atoms with Gasteiger partial charge in [0.15, 0.2) is 0 Å². The van der Waals surface area contributed by atoms with Crippen molar-refractivity contribution in [3.05, 3.63) is 12.2 Å². The summed E-state index contributed by atoms with van der Waals surface area (Å²) in [7, 11) is 0. The minimum absolute atomic E-state index is 0.0182. The summed E-state index contributed by atoms with van der Waals surface area (Å²) in [6.07, 6.45) is 22.1. The van der Waals surface area contributed by atoms with Crippen molar-refractivity contribution >= 4 is 0 Å². The summed E-state index contributed by atoms with van der Waals surface area (Å²) >= 11 is 0. The van der Waals surface area contributed by atoms with Gasteiger partial charge in [0.2, 0.25) is 0 Å². The predicted molar refractivity (Wildman–Crippen MR) is 115 cm³/mol. The molecule has 0 aliphatic carbocycles. The summed E-state index contributed by atoms with van der Waals surface area (Å²) in [6, 6.07) is -0.0182. The lowest BCUT2D eigenvalue weighted by molar-refractivity contribution is 0.118. The van der Waals surface area contributed by atoms with E-state index in [1.54, 1.807) is 0 Å². The van der Waals surface area contributed by atoms with Crippen molar-refractivity contribution in [2.45, 2.75) is 109 Å². The van der Waals surface area contributed by atoms with Gasteiger partial charge < -0.3 is 21.9 Å². The summed E-state index contributed by atoms with van der Waals surface area (Å²) in [4.78, 5) is 0. The fourth-order valence-corrected chi connectivity index (χ4v) is 3.27. The summed E-state index contributed by atoms with van der Waals surface area (Å²) in [5.74, 6) is 0. The van der Waals surface area contributed by atoms with Gasteiger partial charge in [0.1, 0.15) is 0 Å². The Kier molecular flexibility index (Phi) is 20.5. The molecule has 0 fully saturated rings. The van der Waals surface area contributed by atoms with Gasteiger partial charge in [-0.15, -0.1) is 0 Å². The van der Waals surface area contributed by atoms with Crippen LogP contribution < -0.4 is 16.8 Å². The Balaban J connectivity index is 3.36. The highest BCUT2D eigenvalue weighted by Crippen LogP contribution is 2.11. The van der Waals surface area contributed by atoms with Crippen molar-refractivity contribution in [2.75, 3.05) is 19.6 Å². The number of nitrogens with two attached hydrogens (primary N) is 2. The topological polar surface area (TPSA) is 84.3 Å². The smallest absolute Gasteiger partial charge is 0.0705 e. The minimum Gasteiger partial charge on any atom is -0.391 e. The van der Waals surface area contributed by atoms with E-state index in [2.05, 4.69) is 24.4 Å². The number of rotatable bonds is 20. The molecule has 0 bridgehead atoms. The highest BCUT2D eigenvalue weighted by molar-refractivity contribution is 4.81. The van der Waals surface area contributed by atoms with Gasteiger partial charge in [-0.3, -0.25) is 0 Å². The van der Waals surface area contributed by atoms with Crippen molar-refractivity contribution in [3.8, 4) is 0 Å². The summed E-state index contributed by atoms with van der Waals surface area (Å²) in [5, 5.41) is 13.4. The number of hydrogen-bond donors (Lipinski definition) is 4. The molecule has 0 aromatic carbocycles. The van der Waals surface area contributed by atoms with Crippen molar-refractivity contribution in [3.63, 3.8) is 0 Å². The Morgan fingerprint density at radius 3 is 1.88 bits per heavy atom. The first-order valence-electron chi connectivity index (χ1n) is 11.2. The highest BCUT2D eigenvalue weighted by atomic mass is 16.3. The summed E-state index contributed by atoms with van der Waals surface area (Å²) in [6.45, 7) is 4.03. The number of hydrogen-bond acceptors (Lipinski definition) is 4. The number of nitrogens with one attached hydrogen (secondary N) is 1. The maximum atomic E-state index is 10.1. The van der Waals surface area contributed by atoms with Gasteiger partial charge in [-0.2, -0.15) is 0 Å². The van der Waals surface area contributed by atoms with Gasteiger partial charge in [0.25, 0.3) is 0 Å². The van der Waals surface area contributed by atoms with E-state index in [4.69, 9.17) is 11.5 Å². The van der Waals surface area contributed by atoms with Gasteiger partial charge in [-0.05, 0) is 32.1 Å². The molecule has 0 saturated heterocycles. The average Bonchev–Trinajstić information content (AvgIpc) is 2.65. The molecule has 0 aromatic heterocycles. The van der Waals surface area contributed by atoms with Crippen LogP contribution in [0.1, 0.15) is 96.8 Å². The molecule has 0 saturated carbocycles. The van der Waals surface area contributed by atoms with E-state index in [1.165, 1.54) is 77.0 Å². The minimum atomic E-state index is -0.351. The molecule has 6 N–H and O–H groups in total. The number of aliphatic hydroxyl groups excluding tert-OH is 1. The molecule has 2 unspecified atom stereocenters. The Labute approximate surface area is 163 Å². The molecule has 0 rings (SSSR count). The summed E-state index contributed by atoms with van der Waals surface area (Å²) < 4.78 is 0. The fourth-order valence-electron chi connectivity index (χ4n) is 3.27. The fraction of sp³-hybridized carbons (Fsp3) is 0.909. The largest absolute Gasteiger partial charge is 0.391 e. The second-order valence-corrected chi connectivity index (χ2v) is 7.53. The third kappa shape index (κ3) is 17.0. The van der Waals surface area contributed by atoms with E-state index in [0.29, 0.717) is 19.6 Å². The van der Waals surface area contributed by atoms with Crippen LogP contribution >= 0.6 is 0 Å². The SMILES string of the molecule is CCCCCCCCC=CCCCCCCCC(O)C(CN)NCCN. The predicted octanol–water partition coefficient (Wildman–Crippen LogP) is 4.26. The van der Waals surface area contributed by atoms with Crippen molar-refractivity contribution in [1.82, 2.24) is 5.32 Å². The Hall–Kier alpha value is -0.420. The van der Waals surface area contributed by atoms with Gasteiger partial charge >= 0.3 is 0 Å². The Bertz CT molecular complexity index is 297. The number of allylic oxidation sites excluding steroid dienone is 2. The molecule has 156 valence electrons. The van der Waals surface area contributed by atoms with Gasteiger partial charge in [-0.1, -0.05) is 76.9 Å². The third-order valence-electron chi connectivity index (χ3n) is 5.03. The maximum absolute atomic E-state index is 10.1. The van der Waals surface area contributed by atoms with E-state index in [-0.39, 0.29) is 12.1 Å². The second-order valence-electron chi connectivity index (χ2n) is 7.53. The molecule has 0 aromatic rings. The van der Waals surface area contributed by atoms with E-state index in [9.17, 15) is 5.11 Å². The molecule has 0 amide bonds. The van der Waals surface area contributed by atoms with Crippen molar-refractivity contribution < 1.29 is 5.11 Å². The number of aliphatic hydroxyl groups is 1. The van der Waals surface area contributed by atoms with Crippen LogP contribution in [0.3, 0.4) is 0 Å². The van der Waals surface area contributed by atoms with E-state index in [1.807, 2.05) is 0 Å². The first kappa shape index (κ1) is 25.6. The van der Waals surface area contributed by atoms with Crippen LogP contribution in [0.4, 0.5) is 0 Å². The van der Waals surface area contributed by atoms with Crippen LogP contribution in [0.2, 0.25) is 0 Å². The molecule has 4 heteroatoms. The summed E-state index contributed by atoms with van der Waals surface area (Å²) in [5.41, 5.74) is 11.2. The first-order valence-corrected chi connectivity index (χ1v) is 11.2. The van der Waals surface area contributed by atoms with Gasteiger partial charge in [0, 0.05) is 25.7 Å². The molecular formula is C22H47N3O.